The molecule has 0 saturated carbocycles. The van der Waals surface area contributed by atoms with Crippen LogP contribution in [0.25, 0.3) is 11.0 Å². The largest absolute Gasteiger partial charge is 0.467 e. The van der Waals surface area contributed by atoms with E-state index in [9.17, 15) is 9.59 Å². The van der Waals surface area contributed by atoms with Crippen molar-refractivity contribution in [2.45, 2.75) is 12.5 Å². The van der Waals surface area contributed by atoms with Crippen LogP contribution in [-0.4, -0.2) is 55.1 Å². The van der Waals surface area contributed by atoms with E-state index in [0.29, 0.717) is 33.9 Å². The van der Waals surface area contributed by atoms with Gasteiger partial charge in [0.1, 0.15) is 17.4 Å². The molecule has 0 radical (unpaired) electrons. The first kappa shape index (κ1) is 19.4. The third-order valence-corrected chi connectivity index (χ3v) is 5.95. The Morgan fingerprint density at radius 3 is 2.70 bits per heavy atom. The Balaban J connectivity index is 1.50. The van der Waals surface area contributed by atoms with Crippen LogP contribution in [0.2, 0.25) is 5.02 Å². The molecule has 1 aromatic carbocycles. The van der Waals surface area contributed by atoms with Crippen LogP contribution in [0, 0.1) is 0 Å². The van der Waals surface area contributed by atoms with Crippen molar-refractivity contribution in [3.8, 4) is 0 Å². The molecular weight excluding hydrogens is 408 g/mol. The van der Waals surface area contributed by atoms with Crippen LogP contribution in [0.4, 0.5) is 0 Å². The van der Waals surface area contributed by atoms with Crippen molar-refractivity contribution < 1.29 is 18.4 Å². The number of carbonyl (C=O) groups is 1. The number of hydrogen-bond acceptors (Lipinski definition) is 6. The number of rotatable bonds is 5. The maximum absolute atomic E-state index is 13.3. The zero-order valence-corrected chi connectivity index (χ0v) is 17.1. The van der Waals surface area contributed by atoms with Gasteiger partial charge in [-0.15, -0.1) is 0 Å². The SMILES string of the molecule is O=C1c2oc3ccc(Cl)cc3c(=O)c2C(c2ccco2)N1CCCN1CCOCC1. The second kappa shape index (κ2) is 7.91. The lowest BCUT2D eigenvalue weighted by Crippen LogP contribution is -2.38. The lowest BCUT2D eigenvalue weighted by molar-refractivity contribution is 0.0352. The Kier molecular flexibility index (Phi) is 5.10. The average molecular weight is 429 g/mol. The molecule has 0 N–H and O–H groups in total. The monoisotopic (exact) mass is 428 g/mol. The van der Waals surface area contributed by atoms with E-state index in [1.807, 2.05) is 0 Å². The molecular formula is C22H21ClN2O5. The number of fused-ring (bicyclic) bond motifs is 2. The van der Waals surface area contributed by atoms with E-state index in [4.69, 9.17) is 25.2 Å². The Labute approximate surface area is 177 Å². The number of carbonyl (C=O) groups excluding carboxylic acids is 1. The second-order valence-corrected chi connectivity index (χ2v) is 7.97. The summed E-state index contributed by atoms with van der Waals surface area (Å²) in [5.74, 6) is 0.340. The molecule has 30 heavy (non-hydrogen) atoms. The fraction of sp³-hybridized carbons (Fsp3) is 0.364. The van der Waals surface area contributed by atoms with E-state index in [-0.39, 0.29) is 17.1 Å². The summed E-state index contributed by atoms with van der Waals surface area (Å²) in [5.41, 5.74) is 0.417. The molecule has 8 heteroatoms. The number of furan rings is 1. The van der Waals surface area contributed by atoms with Gasteiger partial charge in [-0.2, -0.15) is 0 Å². The highest BCUT2D eigenvalue weighted by atomic mass is 35.5. The molecule has 2 aliphatic heterocycles. The van der Waals surface area contributed by atoms with Gasteiger partial charge >= 0.3 is 0 Å². The van der Waals surface area contributed by atoms with E-state index in [2.05, 4.69) is 4.90 Å². The van der Waals surface area contributed by atoms with Gasteiger partial charge in [0, 0.05) is 31.2 Å². The molecule has 0 spiro atoms. The molecule has 0 aliphatic carbocycles. The molecule has 7 nitrogen and oxygen atoms in total. The molecule has 1 atom stereocenters. The van der Waals surface area contributed by atoms with Gasteiger partial charge in [0.05, 0.1) is 30.4 Å². The molecule has 1 amide bonds. The third-order valence-electron chi connectivity index (χ3n) is 5.72. The van der Waals surface area contributed by atoms with Gasteiger partial charge in [-0.1, -0.05) is 11.6 Å². The van der Waals surface area contributed by atoms with Crippen LogP contribution in [0.5, 0.6) is 0 Å². The molecule has 5 rings (SSSR count). The first-order valence-electron chi connectivity index (χ1n) is 10.0. The zero-order chi connectivity index (χ0) is 20.7. The highest BCUT2D eigenvalue weighted by Gasteiger charge is 2.43. The normalized spacial score (nSPS) is 19.6. The van der Waals surface area contributed by atoms with Gasteiger partial charge in [-0.3, -0.25) is 14.5 Å². The summed E-state index contributed by atoms with van der Waals surface area (Å²) in [5, 5.41) is 0.803. The van der Waals surface area contributed by atoms with Gasteiger partial charge in [-0.05, 0) is 36.8 Å². The quantitative estimate of drug-likeness (QED) is 0.620. The number of hydrogen-bond donors (Lipinski definition) is 0. The van der Waals surface area contributed by atoms with Gasteiger partial charge < -0.3 is 18.5 Å². The van der Waals surface area contributed by atoms with Crippen LogP contribution in [-0.2, 0) is 4.74 Å². The first-order chi connectivity index (χ1) is 14.6. The summed E-state index contributed by atoms with van der Waals surface area (Å²) in [6, 6.07) is 7.77. The van der Waals surface area contributed by atoms with E-state index in [0.717, 1.165) is 39.3 Å². The predicted octanol–water partition coefficient (Wildman–Crippen LogP) is 3.31. The van der Waals surface area contributed by atoms with Crippen molar-refractivity contribution in [3.63, 3.8) is 0 Å². The van der Waals surface area contributed by atoms with Gasteiger partial charge in [0.15, 0.2) is 5.43 Å². The number of amides is 1. The highest BCUT2D eigenvalue weighted by Crippen LogP contribution is 2.38. The van der Waals surface area contributed by atoms with Crippen LogP contribution in [0.3, 0.4) is 0 Å². The summed E-state index contributed by atoms with van der Waals surface area (Å²) in [4.78, 5) is 30.6. The third kappa shape index (κ3) is 3.33. The standard InChI is InChI=1S/C22H21ClN2O5/c23-14-4-5-16-15(13-14)20(26)18-19(17-3-1-10-29-17)25(22(27)21(18)30-16)7-2-6-24-8-11-28-12-9-24/h1,3-5,10,13,19H,2,6-9,11-12H2. The van der Waals surface area contributed by atoms with Crippen LogP contribution in [0.15, 0.2) is 50.2 Å². The number of benzene rings is 1. The molecule has 156 valence electrons. The summed E-state index contributed by atoms with van der Waals surface area (Å²) >= 11 is 6.09. The van der Waals surface area contributed by atoms with Gasteiger partial charge in [0.2, 0.25) is 5.76 Å². The summed E-state index contributed by atoms with van der Waals surface area (Å²) < 4.78 is 16.9. The summed E-state index contributed by atoms with van der Waals surface area (Å²) in [7, 11) is 0. The van der Waals surface area contributed by atoms with Gasteiger partial charge in [0.25, 0.3) is 5.91 Å². The number of nitrogens with zero attached hydrogens (tertiary/aromatic N) is 2. The minimum atomic E-state index is -0.605. The van der Waals surface area contributed by atoms with Crippen molar-refractivity contribution in [1.82, 2.24) is 9.80 Å². The number of ether oxygens (including phenoxy) is 1. The van der Waals surface area contributed by atoms with Crippen LogP contribution in [0.1, 0.15) is 34.3 Å². The molecule has 4 heterocycles. The Morgan fingerprint density at radius 2 is 1.93 bits per heavy atom. The van der Waals surface area contributed by atoms with Crippen molar-refractivity contribution in [2.75, 3.05) is 39.4 Å². The van der Waals surface area contributed by atoms with Crippen molar-refractivity contribution in [3.05, 3.63) is 68.9 Å². The number of morpholine rings is 1. The van der Waals surface area contributed by atoms with E-state index in [1.165, 1.54) is 0 Å². The van der Waals surface area contributed by atoms with Gasteiger partial charge in [-0.25, -0.2) is 0 Å². The second-order valence-electron chi connectivity index (χ2n) is 7.54. The van der Waals surface area contributed by atoms with Crippen LogP contribution < -0.4 is 5.43 Å². The van der Waals surface area contributed by atoms with Crippen LogP contribution >= 0.6 is 11.6 Å². The highest BCUT2D eigenvalue weighted by molar-refractivity contribution is 6.31. The maximum atomic E-state index is 13.3. The fourth-order valence-corrected chi connectivity index (χ4v) is 4.43. The van der Waals surface area contributed by atoms with E-state index >= 15 is 0 Å². The Hall–Kier alpha value is -2.61. The van der Waals surface area contributed by atoms with Crippen molar-refractivity contribution >= 4 is 28.5 Å². The Morgan fingerprint density at radius 1 is 1.10 bits per heavy atom. The molecule has 1 saturated heterocycles. The molecule has 2 aliphatic rings. The smallest absolute Gasteiger partial charge is 0.291 e. The molecule has 2 aromatic heterocycles. The predicted molar refractivity (Wildman–Crippen MR) is 111 cm³/mol. The van der Waals surface area contributed by atoms with E-state index in [1.54, 1.807) is 41.5 Å². The van der Waals surface area contributed by atoms with E-state index < -0.39 is 6.04 Å². The number of halogens is 1. The Bertz CT molecular complexity index is 1130. The first-order valence-corrected chi connectivity index (χ1v) is 10.4. The lowest BCUT2D eigenvalue weighted by atomic mass is 10.0. The minimum Gasteiger partial charge on any atom is -0.467 e. The van der Waals surface area contributed by atoms with Crippen molar-refractivity contribution in [2.24, 2.45) is 0 Å². The molecule has 0 bridgehead atoms. The summed E-state index contributed by atoms with van der Waals surface area (Å²) in [6.45, 7) is 4.59. The molecule has 1 unspecified atom stereocenters. The topological polar surface area (TPSA) is 76.1 Å². The minimum absolute atomic E-state index is 0.0857. The maximum Gasteiger partial charge on any atom is 0.291 e. The van der Waals surface area contributed by atoms with Crippen molar-refractivity contribution in [1.29, 1.82) is 0 Å². The zero-order valence-electron chi connectivity index (χ0n) is 16.3. The fourth-order valence-electron chi connectivity index (χ4n) is 4.26. The summed E-state index contributed by atoms with van der Waals surface area (Å²) in [6.07, 6.45) is 2.32. The lowest BCUT2D eigenvalue weighted by Gasteiger charge is -2.28. The molecule has 3 aromatic rings. The average Bonchev–Trinajstić information content (AvgIpc) is 3.37. The molecule has 1 fully saturated rings.